The number of β-lactam (4-membered cyclic amide) rings is 1. The van der Waals surface area contributed by atoms with E-state index in [1.807, 2.05) is 20.8 Å². The maximum absolute atomic E-state index is 13.7. The number of nitrogens with zero attached hydrogens (tertiary/aromatic N) is 2. The number of amides is 1. The first-order valence-corrected chi connectivity index (χ1v) is 15.5. The van der Waals surface area contributed by atoms with Crippen LogP contribution in [0.15, 0.2) is 47.7 Å². The number of hydrogen-bond donors (Lipinski definition) is 1. The van der Waals surface area contributed by atoms with E-state index >= 15 is 0 Å². The van der Waals surface area contributed by atoms with Gasteiger partial charge in [0.2, 0.25) is 5.91 Å². The van der Waals surface area contributed by atoms with Crippen molar-refractivity contribution in [2.75, 3.05) is 6.61 Å². The van der Waals surface area contributed by atoms with Gasteiger partial charge in [0, 0.05) is 18.1 Å². The van der Waals surface area contributed by atoms with Gasteiger partial charge in [-0.25, -0.2) is 9.59 Å². The van der Waals surface area contributed by atoms with E-state index in [0.717, 1.165) is 30.3 Å². The molecule has 0 bridgehead atoms. The van der Waals surface area contributed by atoms with E-state index in [1.54, 1.807) is 6.08 Å². The molecule has 2 aliphatic rings. The number of carbonyl (C=O) groups excluding carboxylic acids is 3. The lowest BCUT2D eigenvalue weighted by Gasteiger charge is -2.56. The molecule has 1 fully saturated rings. The second kappa shape index (κ2) is 11.3. The minimum Gasteiger partial charge on any atom is -0.413 e. The first-order valence-electron chi connectivity index (χ1n) is 13.0. The Bertz CT molecular complexity index is 1170. The maximum atomic E-state index is 13.7. The minimum absolute atomic E-state index is 0.0397. The molecule has 2 heterocycles. The molecule has 0 saturated carbocycles. The van der Waals surface area contributed by atoms with Crippen LogP contribution in [0.4, 0.5) is 5.69 Å². The topological polar surface area (TPSA) is 136 Å². The third-order valence-corrected chi connectivity index (χ3v) is 13.1. The van der Waals surface area contributed by atoms with Gasteiger partial charge >= 0.3 is 11.9 Å². The molecule has 0 radical (unpaired) electrons. The summed E-state index contributed by atoms with van der Waals surface area (Å²) in [6.07, 6.45) is 2.66. The Balaban J connectivity index is 1.91. The number of nitro groups is 1. The molecule has 1 unspecified atom stereocenters. The van der Waals surface area contributed by atoms with E-state index in [2.05, 4.69) is 20.8 Å². The molecule has 0 spiro atoms. The standard InChI is InChI=1S/C27H36N2O8Si/c1-7-38(8-2,9-3)37-18(5)27(6)23-17(4)21(11-10-16-30)22(28(23)26(27)33)25(32)36-24(31)19-12-14-20(15-13-19)29(34)35/h10-15,17-18,23,30H,7-9,16H2,1-6H3/b11-10+/t17-,18?,23+,27+/m0/s1. The number of non-ortho nitro benzene ring substituents is 1. The van der Waals surface area contributed by atoms with Gasteiger partial charge in [0.25, 0.3) is 5.69 Å². The largest absolute Gasteiger partial charge is 0.413 e. The lowest BCUT2D eigenvalue weighted by atomic mass is 9.65. The van der Waals surface area contributed by atoms with Crippen LogP contribution in [0.1, 0.15) is 51.9 Å². The second-order valence-corrected chi connectivity index (χ2v) is 14.8. The van der Waals surface area contributed by atoms with Gasteiger partial charge in [-0.15, -0.1) is 0 Å². The number of fused-ring (bicyclic) bond motifs is 1. The molecule has 38 heavy (non-hydrogen) atoms. The molecule has 0 aromatic heterocycles. The van der Waals surface area contributed by atoms with Gasteiger partial charge in [-0.1, -0.05) is 39.8 Å². The zero-order chi connectivity index (χ0) is 28.4. The van der Waals surface area contributed by atoms with Crippen molar-refractivity contribution < 1.29 is 33.6 Å². The Kier molecular flexibility index (Phi) is 8.74. The average Bonchev–Trinajstić information content (AvgIpc) is 3.19. The predicted molar refractivity (Wildman–Crippen MR) is 142 cm³/mol. The van der Waals surface area contributed by atoms with E-state index in [0.29, 0.717) is 5.57 Å². The van der Waals surface area contributed by atoms with E-state index in [-0.39, 0.29) is 41.5 Å². The van der Waals surface area contributed by atoms with Crippen molar-refractivity contribution in [3.63, 3.8) is 0 Å². The van der Waals surface area contributed by atoms with Gasteiger partial charge in [0.15, 0.2) is 8.32 Å². The van der Waals surface area contributed by atoms with E-state index in [1.165, 1.54) is 23.1 Å². The minimum atomic E-state index is -2.03. The number of carbonyl (C=O) groups is 3. The first kappa shape index (κ1) is 29.4. The second-order valence-electron chi connectivity index (χ2n) is 10.1. The van der Waals surface area contributed by atoms with Crippen molar-refractivity contribution in [3.8, 4) is 0 Å². The first-order chi connectivity index (χ1) is 17.9. The zero-order valence-electron chi connectivity index (χ0n) is 22.7. The smallest absolute Gasteiger partial charge is 0.363 e. The SMILES string of the molecule is CC[Si](CC)(CC)OC(C)[C@@]1(C)C(=O)N2C(C(=O)OC(=O)c3ccc([N+](=O)[O-])cc3)=C(/C=C/CO)[C@H](C)[C@@H]21. The normalized spacial score (nSPS) is 23.9. The molecular weight excluding hydrogens is 508 g/mol. The third-order valence-electron chi connectivity index (χ3n) is 8.35. The summed E-state index contributed by atoms with van der Waals surface area (Å²) in [7, 11) is -2.03. The van der Waals surface area contributed by atoms with Crippen molar-refractivity contribution in [3.05, 3.63) is 63.4 Å². The van der Waals surface area contributed by atoms with Crippen LogP contribution in [0, 0.1) is 21.4 Å². The van der Waals surface area contributed by atoms with Crippen molar-refractivity contribution in [1.82, 2.24) is 4.90 Å². The van der Waals surface area contributed by atoms with Gasteiger partial charge < -0.3 is 19.2 Å². The van der Waals surface area contributed by atoms with Gasteiger partial charge in [-0.2, -0.15) is 0 Å². The van der Waals surface area contributed by atoms with Crippen LogP contribution in [0.5, 0.6) is 0 Å². The summed E-state index contributed by atoms with van der Waals surface area (Å²) >= 11 is 0. The highest BCUT2D eigenvalue weighted by atomic mass is 28.4. The highest BCUT2D eigenvalue weighted by Gasteiger charge is 2.68. The lowest BCUT2D eigenvalue weighted by molar-refractivity contribution is -0.384. The van der Waals surface area contributed by atoms with Crippen LogP contribution in [0.25, 0.3) is 0 Å². The quantitative estimate of drug-likeness (QED) is 0.108. The summed E-state index contributed by atoms with van der Waals surface area (Å²) in [5, 5.41) is 20.2. The Morgan fingerprint density at radius 3 is 2.26 bits per heavy atom. The summed E-state index contributed by atoms with van der Waals surface area (Å²) in [4.78, 5) is 51.3. The molecule has 11 heteroatoms. The fraction of sp³-hybridized carbons (Fsp3) is 0.519. The number of hydrogen-bond acceptors (Lipinski definition) is 8. The molecule has 1 N–H and O–H groups in total. The summed E-state index contributed by atoms with van der Waals surface area (Å²) in [6, 6.07) is 7.09. The molecular formula is C27H36N2O8Si. The molecule has 10 nitrogen and oxygen atoms in total. The Morgan fingerprint density at radius 1 is 1.18 bits per heavy atom. The Labute approximate surface area is 223 Å². The number of allylic oxidation sites excluding steroid dienone is 1. The molecule has 1 aromatic rings. The van der Waals surface area contributed by atoms with Crippen LogP contribution in [0.2, 0.25) is 18.1 Å². The van der Waals surface area contributed by atoms with Crippen molar-refractivity contribution in [2.45, 2.75) is 71.8 Å². The summed E-state index contributed by atoms with van der Waals surface area (Å²) < 4.78 is 11.8. The number of nitro benzene ring substituents is 1. The van der Waals surface area contributed by atoms with Crippen LogP contribution >= 0.6 is 0 Å². The number of ether oxygens (including phenoxy) is 1. The van der Waals surface area contributed by atoms with Crippen LogP contribution in [0.3, 0.4) is 0 Å². The molecule has 1 aromatic carbocycles. The molecule has 206 valence electrons. The van der Waals surface area contributed by atoms with Gasteiger partial charge in [-0.3, -0.25) is 14.9 Å². The van der Waals surface area contributed by atoms with Crippen molar-refractivity contribution >= 4 is 31.9 Å². The number of aliphatic hydroxyl groups is 1. The monoisotopic (exact) mass is 544 g/mol. The van der Waals surface area contributed by atoms with E-state index in [9.17, 15) is 29.6 Å². The maximum Gasteiger partial charge on any atom is 0.363 e. The molecule has 0 aliphatic carbocycles. The average molecular weight is 545 g/mol. The Morgan fingerprint density at radius 2 is 1.76 bits per heavy atom. The fourth-order valence-electron chi connectivity index (χ4n) is 5.67. The van der Waals surface area contributed by atoms with E-state index in [4.69, 9.17) is 9.16 Å². The molecule has 2 aliphatic heterocycles. The number of esters is 2. The number of benzene rings is 1. The van der Waals surface area contributed by atoms with Crippen molar-refractivity contribution in [2.24, 2.45) is 11.3 Å². The molecule has 4 atom stereocenters. The van der Waals surface area contributed by atoms with Gasteiger partial charge in [0.1, 0.15) is 5.70 Å². The fourth-order valence-corrected chi connectivity index (χ4v) is 8.67. The summed E-state index contributed by atoms with van der Waals surface area (Å²) in [6.45, 7) is 11.8. The summed E-state index contributed by atoms with van der Waals surface area (Å²) in [5.41, 5.74) is -0.689. The van der Waals surface area contributed by atoms with Gasteiger partial charge in [0.05, 0.1) is 34.7 Å². The molecule has 3 rings (SSSR count). The summed E-state index contributed by atoms with van der Waals surface area (Å²) in [5.74, 6) is -2.56. The van der Waals surface area contributed by atoms with Crippen LogP contribution < -0.4 is 0 Å². The number of aliphatic hydroxyl groups excluding tert-OH is 1. The van der Waals surface area contributed by atoms with Gasteiger partial charge in [-0.05, 0) is 49.7 Å². The van der Waals surface area contributed by atoms with Crippen LogP contribution in [-0.2, 0) is 18.8 Å². The third kappa shape index (κ3) is 4.85. The zero-order valence-corrected chi connectivity index (χ0v) is 23.7. The highest BCUT2D eigenvalue weighted by Crippen LogP contribution is 2.55. The molecule has 1 saturated heterocycles. The lowest BCUT2D eigenvalue weighted by Crippen LogP contribution is -2.72. The van der Waals surface area contributed by atoms with Crippen LogP contribution in [-0.4, -0.2) is 59.8 Å². The van der Waals surface area contributed by atoms with E-state index < -0.39 is 36.6 Å². The number of rotatable bonds is 11. The highest BCUT2D eigenvalue weighted by molar-refractivity contribution is 6.73. The predicted octanol–water partition coefficient (Wildman–Crippen LogP) is 4.36. The Hall–Kier alpha value is -3.15. The van der Waals surface area contributed by atoms with Crippen molar-refractivity contribution in [1.29, 1.82) is 0 Å². The molecule has 1 amide bonds.